The highest BCUT2D eigenvalue weighted by atomic mass is 16.5. The van der Waals surface area contributed by atoms with Crippen molar-refractivity contribution in [1.29, 1.82) is 0 Å². The number of nitrogens with one attached hydrogen (secondary N) is 2. The van der Waals surface area contributed by atoms with E-state index >= 15 is 0 Å². The van der Waals surface area contributed by atoms with E-state index in [9.17, 15) is 9.59 Å². The maximum Gasteiger partial charge on any atom is 0.246 e. The standard InChI is InChI=1S/C19H25N5O3/c1-27-16-7-5-14(6-8-16)22-19(26)12-24-11-15(10-21-24)23-18(25)9-13-3-2-4-17(13)20/h5-8,10-11,13,17H,2-4,9,12,20H2,1H3,(H,22,26)(H,23,25)/t13-,17+/m0/s1. The molecule has 0 radical (unpaired) electrons. The van der Waals surface area contributed by atoms with Gasteiger partial charge in [0.15, 0.2) is 0 Å². The minimum absolute atomic E-state index is 0.0510. The predicted octanol–water partition coefficient (Wildman–Crippen LogP) is 1.99. The third kappa shape index (κ3) is 5.30. The number of anilines is 2. The van der Waals surface area contributed by atoms with Crippen molar-refractivity contribution in [3.8, 4) is 5.75 Å². The Morgan fingerprint density at radius 1 is 1.19 bits per heavy atom. The van der Waals surface area contributed by atoms with E-state index < -0.39 is 0 Å². The number of hydrogen-bond acceptors (Lipinski definition) is 5. The smallest absolute Gasteiger partial charge is 0.246 e. The van der Waals surface area contributed by atoms with Crippen molar-refractivity contribution in [1.82, 2.24) is 9.78 Å². The monoisotopic (exact) mass is 371 g/mol. The molecule has 3 rings (SSSR count). The largest absolute Gasteiger partial charge is 0.497 e. The van der Waals surface area contributed by atoms with Gasteiger partial charge in [0.1, 0.15) is 12.3 Å². The molecule has 8 heteroatoms. The Bertz CT molecular complexity index is 787. The van der Waals surface area contributed by atoms with E-state index in [0.717, 1.165) is 25.0 Å². The van der Waals surface area contributed by atoms with E-state index in [2.05, 4.69) is 15.7 Å². The minimum Gasteiger partial charge on any atom is -0.497 e. The summed E-state index contributed by atoms with van der Waals surface area (Å²) in [6.45, 7) is 0.0510. The first-order valence-electron chi connectivity index (χ1n) is 9.05. The molecule has 1 aromatic heterocycles. The van der Waals surface area contributed by atoms with Crippen LogP contribution < -0.4 is 21.1 Å². The topological polar surface area (TPSA) is 111 Å². The number of benzene rings is 1. The molecule has 1 aliphatic carbocycles. The SMILES string of the molecule is COc1ccc(NC(=O)Cn2cc(NC(=O)C[C@@H]3CCC[C@H]3N)cn2)cc1. The molecule has 2 atom stereocenters. The van der Waals surface area contributed by atoms with E-state index in [1.807, 2.05) is 0 Å². The zero-order valence-corrected chi connectivity index (χ0v) is 15.4. The van der Waals surface area contributed by atoms with E-state index in [-0.39, 0.29) is 30.3 Å². The second-order valence-electron chi connectivity index (χ2n) is 6.81. The number of carbonyl (C=O) groups is 2. The second-order valence-corrected chi connectivity index (χ2v) is 6.81. The number of amides is 2. The van der Waals surface area contributed by atoms with Gasteiger partial charge < -0.3 is 21.1 Å². The molecule has 2 amide bonds. The lowest BCUT2D eigenvalue weighted by atomic mass is 10.00. The molecule has 0 unspecified atom stereocenters. The van der Waals surface area contributed by atoms with Crippen molar-refractivity contribution in [2.24, 2.45) is 11.7 Å². The molecule has 8 nitrogen and oxygen atoms in total. The van der Waals surface area contributed by atoms with E-state index in [1.165, 1.54) is 10.9 Å². The van der Waals surface area contributed by atoms with Crippen LogP contribution >= 0.6 is 0 Å². The Morgan fingerprint density at radius 3 is 2.59 bits per heavy atom. The van der Waals surface area contributed by atoms with Gasteiger partial charge in [-0.1, -0.05) is 6.42 Å². The van der Waals surface area contributed by atoms with Crippen LogP contribution in [0.15, 0.2) is 36.7 Å². The number of carbonyl (C=O) groups excluding carboxylic acids is 2. The van der Waals surface area contributed by atoms with E-state index in [1.54, 1.807) is 37.6 Å². The van der Waals surface area contributed by atoms with Gasteiger partial charge in [-0.05, 0) is 43.0 Å². The molecule has 4 N–H and O–H groups in total. The van der Waals surface area contributed by atoms with Crippen LogP contribution in [0.5, 0.6) is 5.75 Å². The summed E-state index contributed by atoms with van der Waals surface area (Å²) in [5.41, 5.74) is 7.26. The summed E-state index contributed by atoms with van der Waals surface area (Å²) in [5.74, 6) is 0.687. The fourth-order valence-corrected chi connectivity index (χ4v) is 3.31. The Hall–Kier alpha value is -2.87. The molecule has 1 fully saturated rings. The van der Waals surface area contributed by atoms with Gasteiger partial charge in [-0.2, -0.15) is 5.10 Å². The summed E-state index contributed by atoms with van der Waals surface area (Å²) in [6.07, 6.45) is 6.66. The van der Waals surface area contributed by atoms with Crippen LogP contribution in [0.4, 0.5) is 11.4 Å². The summed E-state index contributed by atoms with van der Waals surface area (Å²) in [7, 11) is 1.59. The van der Waals surface area contributed by atoms with Gasteiger partial charge >= 0.3 is 0 Å². The highest BCUT2D eigenvalue weighted by molar-refractivity contribution is 5.91. The van der Waals surface area contributed by atoms with Crippen molar-refractivity contribution >= 4 is 23.2 Å². The fourth-order valence-electron chi connectivity index (χ4n) is 3.31. The Labute approximate surface area is 158 Å². The van der Waals surface area contributed by atoms with Gasteiger partial charge in [0, 0.05) is 24.3 Å². The zero-order chi connectivity index (χ0) is 19.2. The van der Waals surface area contributed by atoms with Gasteiger partial charge in [0.2, 0.25) is 11.8 Å². The third-order valence-corrected chi connectivity index (χ3v) is 4.76. The summed E-state index contributed by atoms with van der Waals surface area (Å²) in [6, 6.07) is 7.18. The molecule has 2 aromatic rings. The number of hydrogen-bond donors (Lipinski definition) is 3. The third-order valence-electron chi connectivity index (χ3n) is 4.76. The molecular weight excluding hydrogens is 346 g/mol. The molecule has 27 heavy (non-hydrogen) atoms. The first-order valence-corrected chi connectivity index (χ1v) is 9.05. The lowest BCUT2D eigenvalue weighted by Crippen LogP contribution is -2.28. The highest BCUT2D eigenvalue weighted by Crippen LogP contribution is 2.27. The maximum atomic E-state index is 12.1. The van der Waals surface area contributed by atoms with E-state index in [0.29, 0.717) is 17.8 Å². The molecule has 1 saturated carbocycles. The molecule has 0 spiro atoms. The van der Waals surface area contributed by atoms with Gasteiger partial charge in [-0.3, -0.25) is 14.3 Å². The van der Waals surface area contributed by atoms with Crippen LogP contribution in [0, 0.1) is 5.92 Å². The van der Waals surface area contributed by atoms with Crippen LogP contribution in [0.3, 0.4) is 0 Å². The van der Waals surface area contributed by atoms with Gasteiger partial charge in [0.05, 0.1) is 19.0 Å². The zero-order valence-electron chi connectivity index (χ0n) is 15.4. The molecule has 144 valence electrons. The first kappa shape index (κ1) is 18.9. The molecule has 1 aromatic carbocycles. The van der Waals surface area contributed by atoms with Crippen molar-refractivity contribution in [2.45, 2.75) is 38.3 Å². The van der Waals surface area contributed by atoms with Crippen molar-refractivity contribution in [3.05, 3.63) is 36.7 Å². The Kier molecular flexibility index (Phi) is 6.08. The fraction of sp³-hybridized carbons (Fsp3) is 0.421. The minimum atomic E-state index is -0.210. The number of nitrogens with two attached hydrogens (primary N) is 1. The predicted molar refractivity (Wildman–Crippen MR) is 102 cm³/mol. The summed E-state index contributed by atoms with van der Waals surface area (Å²) in [5, 5.41) is 9.73. The number of rotatable bonds is 7. The molecule has 1 heterocycles. The Morgan fingerprint density at radius 2 is 1.93 bits per heavy atom. The van der Waals surface area contributed by atoms with Gasteiger partial charge in [-0.25, -0.2) is 0 Å². The average molecular weight is 371 g/mol. The average Bonchev–Trinajstić information content (AvgIpc) is 3.24. The van der Waals surface area contributed by atoms with Crippen molar-refractivity contribution in [2.75, 3.05) is 17.7 Å². The van der Waals surface area contributed by atoms with Crippen LogP contribution in [-0.2, 0) is 16.1 Å². The summed E-state index contributed by atoms with van der Waals surface area (Å²) >= 11 is 0. The van der Waals surface area contributed by atoms with Crippen LogP contribution in [0.2, 0.25) is 0 Å². The summed E-state index contributed by atoms with van der Waals surface area (Å²) < 4.78 is 6.57. The molecule has 0 aliphatic heterocycles. The summed E-state index contributed by atoms with van der Waals surface area (Å²) in [4.78, 5) is 24.3. The van der Waals surface area contributed by atoms with Crippen molar-refractivity contribution in [3.63, 3.8) is 0 Å². The van der Waals surface area contributed by atoms with E-state index in [4.69, 9.17) is 10.5 Å². The number of aromatic nitrogens is 2. The van der Waals surface area contributed by atoms with Crippen LogP contribution in [-0.4, -0.2) is 34.7 Å². The Balaban J connectivity index is 1.48. The van der Waals surface area contributed by atoms with Crippen LogP contribution in [0.25, 0.3) is 0 Å². The molecule has 1 aliphatic rings. The normalized spacial score (nSPS) is 18.9. The molecule has 0 bridgehead atoms. The molecule has 0 saturated heterocycles. The number of ether oxygens (including phenoxy) is 1. The lowest BCUT2D eigenvalue weighted by molar-refractivity contribution is -0.117. The van der Waals surface area contributed by atoms with Gasteiger partial charge in [0.25, 0.3) is 0 Å². The van der Waals surface area contributed by atoms with Crippen LogP contribution in [0.1, 0.15) is 25.7 Å². The van der Waals surface area contributed by atoms with Gasteiger partial charge in [-0.15, -0.1) is 0 Å². The van der Waals surface area contributed by atoms with Crippen molar-refractivity contribution < 1.29 is 14.3 Å². The number of nitrogens with zero attached hydrogens (tertiary/aromatic N) is 2. The second kappa shape index (κ2) is 8.68. The lowest BCUT2D eigenvalue weighted by Gasteiger charge is -2.14. The quantitative estimate of drug-likeness (QED) is 0.689. The number of methoxy groups -OCH3 is 1. The highest BCUT2D eigenvalue weighted by Gasteiger charge is 2.26. The first-order chi connectivity index (χ1) is 13.0. The maximum absolute atomic E-state index is 12.1. The molecular formula is C19H25N5O3.